The quantitative estimate of drug-likeness (QED) is 0.887. The molecule has 1 aromatic rings. The number of benzene rings is 1. The van der Waals surface area contributed by atoms with Crippen LogP contribution < -0.4 is 15.2 Å². The molecule has 0 radical (unpaired) electrons. The number of rotatable bonds is 3. The molecule has 0 spiro atoms. The second-order valence-corrected chi connectivity index (χ2v) is 5.16. The number of nitrogens with zero attached hydrogens (tertiary/aromatic N) is 1. The van der Waals surface area contributed by atoms with Gasteiger partial charge < -0.3 is 15.2 Å². The summed E-state index contributed by atoms with van der Waals surface area (Å²) in [6.07, 6.45) is 2.54. The molecule has 0 aromatic heterocycles. The number of fused-ring (bicyclic) bond motifs is 1. The number of nitrogens with two attached hydrogens (primary N) is 1. The van der Waals surface area contributed by atoms with Crippen molar-refractivity contribution in [1.82, 2.24) is 4.90 Å². The third kappa shape index (κ3) is 2.06. The van der Waals surface area contributed by atoms with Crippen molar-refractivity contribution in [1.29, 1.82) is 0 Å². The molecule has 2 heterocycles. The van der Waals surface area contributed by atoms with Crippen LogP contribution >= 0.6 is 0 Å². The third-order valence-electron chi connectivity index (χ3n) is 3.77. The Labute approximate surface area is 108 Å². The highest BCUT2D eigenvalue weighted by atomic mass is 16.7. The van der Waals surface area contributed by atoms with E-state index in [4.69, 9.17) is 15.2 Å². The minimum Gasteiger partial charge on any atom is -0.454 e. The maximum atomic E-state index is 6.18. The van der Waals surface area contributed by atoms with E-state index in [1.807, 2.05) is 6.07 Å². The Hall–Kier alpha value is -1.26. The molecule has 0 bridgehead atoms. The Balaban J connectivity index is 1.89. The lowest BCUT2D eigenvalue weighted by atomic mass is 9.99. The van der Waals surface area contributed by atoms with Crippen LogP contribution in [0.4, 0.5) is 0 Å². The fourth-order valence-corrected chi connectivity index (χ4v) is 2.96. The average Bonchev–Trinajstić information content (AvgIpc) is 2.98. The van der Waals surface area contributed by atoms with Crippen molar-refractivity contribution in [3.05, 3.63) is 23.8 Å². The zero-order chi connectivity index (χ0) is 12.5. The van der Waals surface area contributed by atoms with Crippen LogP contribution in [0, 0.1) is 0 Å². The highest BCUT2D eigenvalue weighted by Crippen LogP contribution is 2.36. The topological polar surface area (TPSA) is 47.7 Å². The molecule has 2 atom stereocenters. The summed E-state index contributed by atoms with van der Waals surface area (Å²) in [5.41, 5.74) is 7.41. The lowest BCUT2D eigenvalue weighted by molar-refractivity contribution is 0.173. The van der Waals surface area contributed by atoms with Crippen molar-refractivity contribution in [3.63, 3.8) is 0 Å². The van der Waals surface area contributed by atoms with Crippen LogP contribution in [-0.2, 0) is 0 Å². The maximum absolute atomic E-state index is 6.18. The standard InChI is InChI=1S/C14H20N2O2/c1-10(15)14(16-6-2-3-7-16)11-4-5-12-13(8-11)18-9-17-12/h4-5,8,10,14H,2-3,6-7,9,15H2,1H3. The monoisotopic (exact) mass is 248 g/mol. The van der Waals surface area contributed by atoms with Gasteiger partial charge in [0, 0.05) is 12.1 Å². The summed E-state index contributed by atoms with van der Waals surface area (Å²) in [6, 6.07) is 6.57. The van der Waals surface area contributed by atoms with Gasteiger partial charge in [0.2, 0.25) is 6.79 Å². The molecule has 4 heteroatoms. The van der Waals surface area contributed by atoms with Crippen LogP contribution in [0.3, 0.4) is 0 Å². The van der Waals surface area contributed by atoms with Crippen molar-refractivity contribution < 1.29 is 9.47 Å². The minimum absolute atomic E-state index is 0.114. The summed E-state index contributed by atoms with van der Waals surface area (Å²) in [5, 5.41) is 0. The van der Waals surface area contributed by atoms with Crippen LogP contribution in [0.15, 0.2) is 18.2 Å². The van der Waals surface area contributed by atoms with E-state index in [1.54, 1.807) is 0 Å². The third-order valence-corrected chi connectivity index (χ3v) is 3.77. The summed E-state index contributed by atoms with van der Waals surface area (Å²) in [7, 11) is 0. The first-order chi connectivity index (χ1) is 8.75. The van der Waals surface area contributed by atoms with Gasteiger partial charge in [-0.3, -0.25) is 4.90 Å². The Bertz CT molecular complexity index is 428. The highest BCUT2D eigenvalue weighted by molar-refractivity contribution is 5.45. The molecule has 1 aromatic carbocycles. The maximum Gasteiger partial charge on any atom is 0.231 e. The molecular weight excluding hydrogens is 228 g/mol. The zero-order valence-corrected chi connectivity index (χ0v) is 10.8. The van der Waals surface area contributed by atoms with Gasteiger partial charge in [0.25, 0.3) is 0 Å². The fraction of sp³-hybridized carbons (Fsp3) is 0.571. The van der Waals surface area contributed by atoms with E-state index in [1.165, 1.54) is 18.4 Å². The molecule has 1 fully saturated rings. The lowest BCUT2D eigenvalue weighted by Gasteiger charge is -2.31. The molecule has 0 saturated carbocycles. The molecule has 1 saturated heterocycles. The molecule has 98 valence electrons. The van der Waals surface area contributed by atoms with Gasteiger partial charge in [0.15, 0.2) is 11.5 Å². The molecule has 2 aliphatic heterocycles. The number of likely N-dealkylation sites (tertiary alicyclic amines) is 1. The van der Waals surface area contributed by atoms with Crippen LogP contribution in [-0.4, -0.2) is 30.8 Å². The van der Waals surface area contributed by atoms with Crippen LogP contribution in [0.25, 0.3) is 0 Å². The van der Waals surface area contributed by atoms with E-state index in [-0.39, 0.29) is 12.1 Å². The van der Waals surface area contributed by atoms with Gasteiger partial charge in [-0.15, -0.1) is 0 Å². The predicted octanol–water partition coefficient (Wildman–Crippen LogP) is 1.90. The first-order valence-electron chi connectivity index (χ1n) is 6.65. The summed E-state index contributed by atoms with van der Waals surface area (Å²) in [5.74, 6) is 1.68. The van der Waals surface area contributed by atoms with Crippen molar-refractivity contribution in [3.8, 4) is 11.5 Å². The summed E-state index contributed by atoms with van der Waals surface area (Å²) in [6.45, 7) is 4.68. The first kappa shape index (κ1) is 11.8. The summed E-state index contributed by atoms with van der Waals surface area (Å²) >= 11 is 0. The van der Waals surface area contributed by atoms with Crippen molar-refractivity contribution in [2.24, 2.45) is 5.73 Å². The first-order valence-corrected chi connectivity index (χ1v) is 6.65. The van der Waals surface area contributed by atoms with Crippen molar-refractivity contribution in [2.45, 2.75) is 31.8 Å². The number of hydrogen-bond donors (Lipinski definition) is 1. The molecular formula is C14H20N2O2. The van der Waals surface area contributed by atoms with Gasteiger partial charge in [0.1, 0.15) is 0 Å². The zero-order valence-electron chi connectivity index (χ0n) is 10.8. The second kappa shape index (κ2) is 4.78. The van der Waals surface area contributed by atoms with Crippen LogP contribution in [0.1, 0.15) is 31.4 Å². The van der Waals surface area contributed by atoms with Crippen molar-refractivity contribution >= 4 is 0 Å². The normalized spacial score (nSPS) is 22.1. The number of ether oxygens (including phenoxy) is 2. The fourth-order valence-electron chi connectivity index (χ4n) is 2.96. The summed E-state index contributed by atoms with van der Waals surface area (Å²) in [4.78, 5) is 2.47. The average molecular weight is 248 g/mol. The van der Waals surface area contributed by atoms with E-state index in [9.17, 15) is 0 Å². The highest BCUT2D eigenvalue weighted by Gasteiger charge is 2.27. The molecule has 0 amide bonds. The smallest absolute Gasteiger partial charge is 0.231 e. The molecule has 4 nitrogen and oxygen atoms in total. The van der Waals surface area contributed by atoms with Gasteiger partial charge in [-0.05, 0) is 50.6 Å². The van der Waals surface area contributed by atoms with E-state index in [0.717, 1.165) is 24.6 Å². The van der Waals surface area contributed by atoms with E-state index in [0.29, 0.717) is 6.79 Å². The molecule has 2 N–H and O–H groups in total. The Morgan fingerprint density at radius 1 is 1.17 bits per heavy atom. The predicted molar refractivity (Wildman–Crippen MR) is 69.8 cm³/mol. The second-order valence-electron chi connectivity index (χ2n) is 5.16. The van der Waals surface area contributed by atoms with Gasteiger partial charge >= 0.3 is 0 Å². The molecule has 0 aliphatic carbocycles. The minimum atomic E-state index is 0.114. The number of hydrogen-bond acceptors (Lipinski definition) is 4. The molecule has 3 rings (SSSR count). The van der Waals surface area contributed by atoms with E-state index < -0.39 is 0 Å². The SMILES string of the molecule is CC(N)C(c1ccc2c(c1)OCO2)N1CCCC1. The largest absolute Gasteiger partial charge is 0.454 e. The Kier molecular flexibility index (Phi) is 3.14. The van der Waals surface area contributed by atoms with Gasteiger partial charge in [-0.2, -0.15) is 0 Å². The molecule has 18 heavy (non-hydrogen) atoms. The summed E-state index contributed by atoms with van der Waals surface area (Å²) < 4.78 is 10.8. The van der Waals surface area contributed by atoms with Gasteiger partial charge in [0.05, 0.1) is 0 Å². The Morgan fingerprint density at radius 3 is 2.61 bits per heavy atom. The van der Waals surface area contributed by atoms with E-state index in [2.05, 4.69) is 24.0 Å². The van der Waals surface area contributed by atoms with Crippen molar-refractivity contribution in [2.75, 3.05) is 19.9 Å². The molecule has 2 unspecified atom stereocenters. The van der Waals surface area contributed by atoms with Crippen LogP contribution in [0.5, 0.6) is 11.5 Å². The van der Waals surface area contributed by atoms with Crippen LogP contribution in [0.2, 0.25) is 0 Å². The van der Waals surface area contributed by atoms with E-state index >= 15 is 0 Å². The van der Waals surface area contributed by atoms with Gasteiger partial charge in [-0.1, -0.05) is 6.07 Å². The molecule has 2 aliphatic rings. The van der Waals surface area contributed by atoms with Gasteiger partial charge in [-0.25, -0.2) is 0 Å². The Morgan fingerprint density at radius 2 is 1.89 bits per heavy atom. The lowest BCUT2D eigenvalue weighted by Crippen LogP contribution is -2.37.